The molecular formula is C14H18O2. The summed E-state index contributed by atoms with van der Waals surface area (Å²) in [7, 11) is 1.76. The smallest absolute Gasteiger partial charge is 0.225 e. The molecule has 0 bridgehead atoms. The van der Waals surface area contributed by atoms with E-state index in [0.717, 1.165) is 12.8 Å². The lowest BCUT2D eigenvalue weighted by Gasteiger charge is -2.17. The quantitative estimate of drug-likeness (QED) is 0.711. The molecule has 1 spiro atoms. The van der Waals surface area contributed by atoms with Crippen LogP contribution in [0.3, 0.4) is 0 Å². The molecule has 2 fully saturated rings. The molecule has 0 aromatic heterocycles. The standard InChI is InChI=1S/C14H18O2/c1-11-7-3-4-8-12(11)14(15-2)13(16-14)9-5-6-10-13/h3-4,7-8H,5-6,9-10H2,1-2H3. The van der Waals surface area contributed by atoms with E-state index < -0.39 is 5.79 Å². The normalized spacial score (nSPS) is 30.9. The minimum Gasteiger partial charge on any atom is -0.347 e. The summed E-state index contributed by atoms with van der Waals surface area (Å²) in [6.45, 7) is 2.13. The molecule has 0 radical (unpaired) electrons. The van der Waals surface area contributed by atoms with Crippen molar-refractivity contribution in [1.29, 1.82) is 0 Å². The van der Waals surface area contributed by atoms with Crippen molar-refractivity contribution in [2.45, 2.75) is 44.0 Å². The lowest BCUT2D eigenvalue weighted by atomic mass is 9.91. The Morgan fingerprint density at radius 2 is 1.88 bits per heavy atom. The number of methoxy groups -OCH3 is 1. The summed E-state index contributed by atoms with van der Waals surface area (Å²) in [5.41, 5.74) is 2.45. The number of benzene rings is 1. The van der Waals surface area contributed by atoms with Gasteiger partial charge in [-0.2, -0.15) is 0 Å². The Hall–Kier alpha value is -0.860. The van der Waals surface area contributed by atoms with Crippen LogP contribution in [0.1, 0.15) is 36.8 Å². The topological polar surface area (TPSA) is 21.8 Å². The molecule has 1 unspecified atom stereocenters. The molecule has 3 rings (SSSR count). The average Bonchev–Trinajstić information content (AvgIpc) is 2.66. The van der Waals surface area contributed by atoms with Crippen LogP contribution >= 0.6 is 0 Å². The van der Waals surface area contributed by atoms with Gasteiger partial charge in [0.15, 0.2) is 0 Å². The fourth-order valence-corrected chi connectivity index (χ4v) is 3.21. The maximum Gasteiger partial charge on any atom is 0.225 e. The van der Waals surface area contributed by atoms with Gasteiger partial charge < -0.3 is 9.47 Å². The third kappa shape index (κ3) is 1.14. The lowest BCUT2D eigenvalue weighted by molar-refractivity contribution is -0.0154. The third-order valence-electron chi connectivity index (χ3n) is 4.10. The Bertz CT molecular complexity index is 407. The van der Waals surface area contributed by atoms with Gasteiger partial charge in [-0.1, -0.05) is 37.1 Å². The lowest BCUT2D eigenvalue weighted by Crippen LogP contribution is -2.24. The molecule has 1 saturated carbocycles. The molecule has 1 aromatic rings. The summed E-state index contributed by atoms with van der Waals surface area (Å²) in [5.74, 6) is -0.450. The highest BCUT2D eigenvalue weighted by molar-refractivity contribution is 5.37. The van der Waals surface area contributed by atoms with Crippen LogP contribution in [0.2, 0.25) is 0 Å². The van der Waals surface area contributed by atoms with Crippen molar-refractivity contribution in [2.75, 3.05) is 7.11 Å². The van der Waals surface area contributed by atoms with E-state index in [1.807, 2.05) is 0 Å². The minimum atomic E-state index is -0.450. The van der Waals surface area contributed by atoms with Gasteiger partial charge in [0.25, 0.3) is 0 Å². The van der Waals surface area contributed by atoms with E-state index in [1.165, 1.54) is 24.0 Å². The SMILES string of the molecule is COC1(c2ccccc2C)OC12CCCC2. The van der Waals surface area contributed by atoms with Crippen molar-refractivity contribution < 1.29 is 9.47 Å². The van der Waals surface area contributed by atoms with Gasteiger partial charge >= 0.3 is 0 Å². The van der Waals surface area contributed by atoms with Crippen molar-refractivity contribution in [2.24, 2.45) is 0 Å². The molecule has 0 amide bonds. The van der Waals surface area contributed by atoms with Gasteiger partial charge in [0.2, 0.25) is 5.79 Å². The highest BCUT2D eigenvalue weighted by Gasteiger charge is 2.72. The van der Waals surface area contributed by atoms with Crippen LogP contribution in [-0.4, -0.2) is 12.7 Å². The molecule has 86 valence electrons. The Morgan fingerprint density at radius 1 is 1.19 bits per heavy atom. The number of hydrogen-bond donors (Lipinski definition) is 0. The predicted molar refractivity (Wildman–Crippen MR) is 62.2 cm³/mol. The summed E-state index contributed by atoms with van der Waals surface area (Å²) in [6, 6.07) is 8.38. The minimum absolute atomic E-state index is 0.0200. The van der Waals surface area contributed by atoms with Gasteiger partial charge in [0.05, 0.1) is 0 Å². The molecule has 16 heavy (non-hydrogen) atoms. The van der Waals surface area contributed by atoms with Crippen molar-refractivity contribution in [3.05, 3.63) is 35.4 Å². The number of aryl methyl sites for hydroxylation is 1. The van der Waals surface area contributed by atoms with E-state index >= 15 is 0 Å². The van der Waals surface area contributed by atoms with Crippen molar-refractivity contribution in [3.8, 4) is 0 Å². The zero-order valence-corrected chi connectivity index (χ0v) is 9.95. The van der Waals surface area contributed by atoms with E-state index in [0.29, 0.717) is 0 Å². The first-order valence-corrected chi connectivity index (χ1v) is 6.06. The van der Waals surface area contributed by atoms with E-state index in [4.69, 9.17) is 9.47 Å². The van der Waals surface area contributed by atoms with Crippen molar-refractivity contribution in [1.82, 2.24) is 0 Å². The third-order valence-corrected chi connectivity index (χ3v) is 4.10. The molecule has 1 aliphatic heterocycles. The van der Waals surface area contributed by atoms with Gasteiger partial charge in [-0.05, 0) is 25.3 Å². The second kappa shape index (κ2) is 3.31. The number of ether oxygens (including phenoxy) is 2. The first-order chi connectivity index (χ1) is 7.74. The van der Waals surface area contributed by atoms with Crippen LogP contribution in [0.4, 0.5) is 0 Å². The number of hydrogen-bond acceptors (Lipinski definition) is 2. The highest BCUT2D eigenvalue weighted by Crippen LogP contribution is 2.64. The Balaban J connectivity index is 2.02. The maximum absolute atomic E-state index is 6.05. The van der Waals surface area contributed by atoms with Gasteiger partial charge in [-0.15, -0.1) is 0 Å². The summed E-state index contributed by atoms with van der Waals surface area (Å²) in [6.07, 6.45) is 4.79. The molecule has 1 heterocycles. The Labute approximate surface area is 96.6 Å². The fraction of sp³-hybridized carbons (Fsp3) is 0.571. The van der Waals surface area contributed by atoms with E-state index in [9.17, 15) is 0 Å². The van der Waals surface area contributed by atoms with Gasteiger partial charge in [-0.3, -0.25) is 0 Å². The van der Waals surface area contributed by atoms with Crippen molar-refractivity contribution in [3.63, 3.8) is 0 Å². The fourth-order valence-electron chi connectivity index (χ4n) is 3.21. The monoisotopic (exact) mass is 218 g/mol. The van der Waals surface area contributed by atoms with E-state index in [1.54, 1.807) is 7.11 Å². The van der Waals surface area contributed by atoms with Gasteiger partial charge in [0.1, 0.15) is 5.60 Å². The van der Waals surface area contributed by atoms with Gasteiger partial charge in [-0.25, -0.2) is 0 Å². The molecular weight excluding hydrogens is 200 g/mol. The first-order valence-electron chi connectivity index (χ1n) is 6.06. The maximum atomic E-state index is 6.05. The average molecular weight is 218 g/mol. The Kier molecular flexibility index (Phi) is 2.13. The Morgan fingerprint density at radius 3 is 2.50 bits per heavy atom. The van der Waals surface area contributed by atoms with E-state index in [-0.39, 0.29) is 5.60 Å². The van der Waals surface area contributed by atoms with Crippen LogP contribution < -0.4 is 0 Å². The zero-order valence-electron chi connectivity index (χ0n) is 9.95. The van der Waals surface area contributed by atoms with Crippen LogP contribution in [0.15, 0.2) is 24.3 Å². The van der Waals surface area contributed by atoms with Gasteiger partial charge in [0, 0.05) is 12.7 Å². The zero-order chi connectivity index (χ0) is 11.2. The predicted octanol–water partition coefficient (Wildman–Crippen LogP) is 3.14. The summed E-state index contributed by atoms with van der Waals surface area (Å²) >= 11 is 0. The summed E-state index contributed by atoms with van der Waals surface area (Å²) in [5, 5.41) is 0. The molecule has 0 N–H and O–H groups in total. The molecule has 1 aromatic carbocycles. The van der Waals surface area contributed by atoms with Crippen LogP contribution in [0, 0.1) is 6.92 Å². The van der Waals surface area contributed by atoms with E-state index in [2.05, 4.69) is 31.2 Å². The van der Waals surface area contributed by atoms with Crippen molar-refractivity contribution >= 4 is 0 Å². The molecule has 1 atom stereocenters. The summed E-state index contributed by atoms with van der Waals surface area (Å²) < 4.78 is 11.8. The molecule has 1 aliphatic carbocycles. The highest BCUT2D eigenvalue weighted by atomic mass is 16.8. The van der Waals surface area contributed by atoms with Crippen LogP contribution in [-0.2, 0) is 15.3 Å². The molecule has 2 aliphatic rings. The largest absolute Gasteiger partial charge is 0.347 e. The second-order valence-corrected chi connectivity index (χ2v) is 4.94. The van der Waals surface area contributed by atoms with Crippen LogP contribution in [0.5, 0.6) is 0 Å². The molecule has 2 heteroatoms. The summed E-state index contributed by atoms with van der Waals surface area (Å²) in [4.78, 5) is 0. The number of rotatable bonds is 2. The second-order valence-electron chi connectivity index (χ2n) is 4.94. The molecule has 1 saturated heterocycles. The molecule has 2 nitrogen and oxygen atoms in total. The number of epoxide rings is 1. The first kappa shape index (κ1) is 10.3. The van der Waals surface area contributed by atoms with Crippen LogP contribution in [0.25, 0.3) is 0 Å².